The van der Waals surface area contributed by atoms with Gasteiger partial charge in [-0.2, -0.15) is 0 Å². The summed E-state index contributed by atoms with van der Waals surface area (Å²) in [7, 11) is 0. The summed E-state index contributed by atoms with van der Waals surface area (Å²) in [5.74, 6) is 0.634. The molecule has 2 aliphatic carbocycles. The quantitative estimate of drug-likeness (QED) is 0.864. The van der Waals surface area contributed by atoms with Gasteiger partial charge in [-0.05, 0) is 43.2 Å². The Bertz CT molecular complexity index is 970. The second kappa shape index (κ2) is 6.87. The number of Topliss-reactive ketones (excluding diaryl/α,β-unsaturated/α-hetero) is 1. The highest BCUT2D eigenvalue weighted by Gasteiger charge is 2.58. The van der Waals surface area contributed by atoms with Gasteiger partial charge in [0, 0.05) is 37.5 Å². The molecule has 5 rings (SSSR count). The monoisotopic (exact) mass is 392 g/mol. The number of piperidine rings is 1. The van der Waals surface area contributed by atoms with Crippen LogP contribution in [-0.2, 0) is 11.2 Å². The van der Waals surface area contributed by atoms with Crippen molar-refractivity contribution < 1.29 is 18.8 Å². The molecule has 150 valence electrons. The standard InChI is InChI=1S/C23H24N2O4/c26-18-7-4-8-19-20(18)16(14-29-19)22(28)25-11-9-23(10-12-25)13-17(23)21(27)24-15-5-2-1-3-6-15/h1-3,5-6,14,17H,4,7-13H2,(H,24,27). The van der Waals surface area contributed by atoms with Crippen molar-refractivity contribution in [3.8, 4) is 0 Å². The molecule has 1 saturated carbocycles. The van der Waals surface area contributed by atoms with Crippen LogP contribution in [-0.4, -0.2) is 35.6 Å². The number of aryl methyl sites for hydroxylation is 1. The third-order valence-corrected chi connectivity index (χ3v) is 6.78. The van der Waals surface area contributed by atoms with E-state index < -0.39 is 0 Å². The summed E-state index contributed by atoms with van der Waals surface area (Å²) in [6, 6.07) is 9.51. The van der Waals surface area contributed by atoms with E-state index in [0.717, 1.165) is 37.8 Å². The fourth-order valence-corrected chi connectivity index (χ4v) is 4.93. The van der Waals surface area contributed by atoms with Crippen LogP contribution in [0, 0.1) is 11.3 Å². The van der Waals surface area contributed by atoms with Crippen LogP contribution in [0.3, 0.4) is 0 Å². The molecule has 1 aromatic heterocycles. The highest BCUT2D eigenvalue weighted by Crippen LogP contribution is 2.59. The molecule has 2 aromatic rings. The smallest absolute Gasteiger partial charge is 0.257 e. The van der Waals surface area contributed by atoms with Gasteiger partial charge in [0.15, 0.2) is 5.78 Å². The van der Waals surface area contributed by atoms with E-state index in [9.17, 15) is 14.4 Å². The molecule has 2 amide bonds. The molecule has 1 N–H and O–H groups in total. The van der Waals surface area contributed by atoms with E-state index in [1.165, 1.54) is 6.26 Å². The van der Waals surface area contributed by atoms with E-state index >= 15 is 0 Å². The lowest BCUT2D eigenvalue weighted by Crippen LogP contribution is -2.40. The molecule has 3 aliphatic rings. The van der Waals surface area contributed by atoms with Crippen molar-refractivity contribution in [3.05, 3.63) is 53.5 Å². The van der Waals surface area contributed by atoms with Gasteiger partial charge < -0.3 is 14.6 Å². The van der Waals surface area contributed by atoms with Gasteiger partial charge >= 0.3 is 0 Å². The molecular formula is C23H24N2O4. The zero-order chi connectivity index (χ0) is 20.0. The Hall–Kier alpha value is -2.89. The zero-order valence-electron chi connectivity index (χ0n) is 16.3. The summed E-state index contributed by atoms with van der Waals surface area (Å²) < 4.78 is 5.51. The number of hydrogen-bond acceptors (Lipinski definition) is 4. The summed E-state index contributed by atoms with van der Waals surface area (Å²) in [6.07, 6.45) is 5.95. The van der Waals surface area contributed by atoms with Gasteiger partial charge in [-0.1, -0.05) is 18.2 Å². The molecule has 29 heavy (non-hydrogen) atoms. The van der Waals surface area contributed by atoms with Gasteiger partial charge in [0.2, 0.25) is 5.91 Å². The molecule has 0 radical (unpaired) electrons. The molecule has 0 bridgehead atoms. The molecule has 1 aliphatic heterocycles. The van der Waals surface area contributed by atoms with Gasteiger partial charge in [0.25, 0.3) is 5.91 Å². The maximum atomic E-state index is 13.0. The van der Waals surface area contributed by atoms with E-state index in [1.54, 1.807) is 0 Å². The lowest BCUT2D eigenvalue weighted by Gasteiger charge is -2.33. The maximum Gasteiger partial charge on any atom is 0.257 e. The lowest BCUT2D eigenvalue weighted by atomic mass is 9.89. The predicted molar refractivity (Wildman–Crippen MR) is 107 cm³/mol. The zero-order valence-corrected chi connectivity index (χ0v) is 16.3. The van der Waals surface area contributed by atoms with Gasteiger partial charge in [0.05, 0.1) is 11.1 Å². The Morgan fingerprint density at radius 2 is 1.86 bits per heavy atom. The minimum Gasteiger partial charge on any atom is -0.468 e. The van der Waals surface area contributed by atoms with Crippen LogP contribution in [0.1, 0.15) is 58.6 Å². The summed E-state index contributed by atoms with van der Waals surface area (Å²) >= 11 is 0. The van der Waals surface area contributed by atoms with Crippen LogP contribution < -0.4 is 5.32 Å². The van der Waals surface area contributed by atoms with Gasteiger partial charge in [-0.3, -0.25) is 14.4 Å². The van der Waals surface area contributed by atoms with Gasteiger partial charge in [0.1, 0.15) is 12.0 Å². The number of hydrogen-bond donors (Lipinski definition) is 1. The number of para-hydroxylation sites is 1. The van der Waals surface area contributed by atoms with Crippen LogP contribution >= 0.6 is 0 Å². The van der Waals surface area contributed by atoms with Gasteiger partial charge in [-0.15, -0.1) is 0 Å². The van der Waals surface area contributed by atoms with Crippen LogP contribution in [0.15, 0.2) is 41.0 Å². The van der Waals surface area contributed by atoms with Crippen molar-refractivity contribution in [3.63, 3.8) is 0 Å². The molecular weight excluding hydrogens is 368 g/mol. The van der Waals surface area contributed by atoms with E-state index in [1.807, 2.05) is 35.2 Å². The van der Waals surface area contributed by atoms with Crippen molar-refractivity contribution in [2.75, 3.05) is 18.4 Å². The summed E-state index contributed by atoms with van der Waals surface area (Å²) in [4.78, 5) is 39.7. The number of amides is 2. The first kappa shape index (κ1) is 18.2. The third kappa shape index (κ3) is 3.16. The molecule has 6 nitrogen and oxygen atoms in total. The molecule has 2 fully saturated rings. The minimum atomic E-state index is -0.119. The normalized spacial score (nSPS) is 22.3. The van der Waals surface area contributed by atoms with E-state index in [2.05, 4.69) is 5.32 Å². The maximum absolute atomic E-state index is 13.0. The number of benzene rings is 1. The van der Waals surface area contributed by atoms with Crippen molar-refractivity contribution >= 4 is 23.3 Å². The van der Waals surface area contributed by atoms with Crippen LogP contribution in [0.5, 0.6) is 0 Å². The highest BCUT2D eigenvalue weighted by atomic mass is 16.3. The Kier molecular flexibility index (Phi) is 4.30. The Morgan fingerprint density at radius 1 is 1.10 bits per heavy atom. The topological polar surface area (TPSA) is 79.6 Å². The Morgan fingerprint density at radius 3 is 2.62 bits per heavy atom. The van der Waals surface area contributed by atoms with Crippen LogP contribution in [0.2, 0.25) is 0 Å². The van der Waals surface area contributed by atoms with E-state index in [4.69, 9.17) is 4.42 Å². The molecule has 1 unspecified atom stereocenters. The molecule has 1 saturated heterocycles. The first-order valence-electron chi connectivity index (χ1n) is 10.4. The largest absolute Gasteiger partial charge is 0.468 e. The minimum absolute atomic E-state index is 0.0108. The summed E-state index contributed by atoms with van der Waals surface area (Å²) in [5.41, 5.74) is 1.74. The number of furan rings is 1. The number of nitrogens with one attached hydrogen (secondary N) is 1. The number of nitrogens with zero attached hydrogens (tertiary/aromatic N) is 1. The summed E-state index contributed by atoms with van der Waals surface area (Å²) in [5, 5.41) is 3.00. The van der Waals surface area contributed by atoms with Crippen molar-refractivity contribution in [2.45, 2.75) is 38.5 Å². The number of likely N-dealkylation sites (tertiary alicyclic amines) is 1. The van der Waals surface area contributed by atoms with Crippen molar-refractivity contribution in [2.24, 2.45) is 11.3 Å². The Labute approximate surface area is 169 Å². The lowest BCUT2D eigenvalue weighted by molar-refractivity contribution is -0.118. The number of carbonyl (C=O) groups excluding carboxylic acids is 3. The Balaban J connectivity index is 1.22. The first-order chi connectivity index (χ1) is 14.1. The average molecular weight is 392 g/mol. The van der Waals surface area contributed by atoms with E-state index in [0.29, 0.717) is 36.4 Å². The molecule has 2 heterocycles. The fraction of sp³-hybridized carbons (Fsp3) is 0.435. The second-order valence-corrected chi connectivity index (χ2v) is 8.49. The third-order valence-electron chi connectivity index (χ3n) is 6.78. The first-order valence-corrected chi connectivity index (χ1v) is 10.4. The number of rotatable bonds is 3. The van der Waals surface area contributed by atoms with Crippen molar-refractivity contribution in [1.29, 1.82) is 0 Å². The van der Waals surface area contributed by atoms with Crippen LogP contribution in [0.4, 0.5) is 5.69 Å². The molecule has 1 aromatic carbocycles. The molecule has 1 spiro atoms. The van der Waals surface area contributed by atoms with E-state index in [-0.39, 0.29) is 28.9 Å². The number of fused-ring (bicyclic) bond motifs is 1. The highest BCUT2D eigenvalue weighted by molar-refractivity contribution is 6.09. The number of carbonyl (C=O) groups is 3. The molecule has 6 heteroatoms. The van der Waals surface area contributed by atoms with Gasteiger partial charge in [-0.25, -0.2) is 0 Å². The fourth-order valence-electron chi connectivity index (χ4n) is 4.93. The second-order valence-electron chi connectivity index (χ2n) is 8.49. The van der Waals surface area contributed by atoms with Crippen LogP contribution in [0.25, 0.3) is 0 Å². The molecule has 1 atom stereocenters. The average Bonchev–Trinajstić information content (AvgIpc) is 3.25. The SMILES string of the molecule is O=C1CCCc2occ(C(=O)N3CCC4(CC3)CC4C(=O)Nc3ccccc3)c21. The number of ketones is 1. The van der Waals surface area contributed by atoms with Crippen molar-refractivity contribution in [1.82, 2.24) is 4.90 Å². The number of anilines is 1. The predicted octanol–water partition coefficient (Wildman–Crippen LogP) is 3.68. The summed E-state index contributed by atoms with van der Waals surface area (Å²) in [6.45, 7) is 1.23.